The van der Waals surface area contributed by atoms with E-state index in [1.807, 2.05) is 37.3 Å². The second-order valence-electron chi connectivity index (χ2n) is 6.93. The molecule has 8 nitrogen and oxygen atoms in total. The van der Waals surface area contributed by atoms with Crippen LogP contribution in [0.1, 0.15) is 38.4 Å². The lowest BCUT2D eigenvalue weighted by Crippen LogP contribution is -2.28. The number of carbonyl (C=O) groups is 1. The van der Waals surface area contributed by atoms with Crippen molar-refractivity contribution < 1.29 is 9.53 Å². The first-order valence-corrected chi connectivity index (χ1v) is 10.4. The number of amides is 2. The van der Waals surface area contributed by atoms with E-state index in [-0.39, 0.29) is 12.1 Å². The Morgan fingerprint density at radius 3 is 2.74 bits per heavy atom. The van der Waals surface area contributed by atoms with Crippen LogP contribution in [0.5, 0.6) is 5.75 Å². The van der Waals surface area contributed by atoms with Crippen molar-refractivity contribution in [2.45, 2.75) is 32.7 Å². The van der Waals surface area contributed by atoms with E-state index < -0.39 is 0 Å². The summed E-state index contributed by atoms with van der Waals surface area (Å²) in [5.74, 6) is 1.21. The number of pyridine rings is 1. The molecule has 3 N–H and O–H groups in total. The third kappa shape index (κ3) is 5.91. The summed E-state index contributed by atoms with van der Waals surface area (Å²) in [7, 11) is 1.56. The molecule has 0 aliphatic heterocycles. The lowest BCUT2D eigenvalue weighted by molar-refractivity contribution is 0.252. The minimum atomic E-state index is -0.281. The Kier molecular flexibility index (Phi) is 7.75. The molecule has 2 heterocycles. The molecule has 0 radical (unpaired) electrons. The molecule has 0 aliphatic carbocycles. The molecule has 162 valence electrons. The van der Waals surface area contributed by atoms with Gasteiger partial charge in [-0.2, -0.15) is 0 Å². The predicted molar refractivity (Wildman–Crippen MR) is 122 cm³/mol. The zero-order chi connectivity index (χ0) is 22.1. The summed E-state index contributed by atoms with van der Waals surface area (Å²) in [6.45, 7) is 4.54. The van der Waals surface area contributed by atoms with E-state index in [9.17, 15) is 4.79 Å². The van der Waals surface area contributed by atoms with Gasteiger partial charge in [0.1, 0.15) is 11.6 Å². The normalized spacial score (nSPS) is 11.5. The number of hydrogen-bond donors (Lipinski definition) is 3. The fourth-order valence-electron chi connectivity index (χ4n) is 3.20. The van der Waals surface area contributed by atoms with Crippen LogP contribution in [0.15, 0.2) is 55.0 Å². The van der Waals surface area contributed by atoms with Crippen LogP contribution < -0.4 is 20.7 Å². The average Bonchev–Trinajstić information content (AvgIpc) is 2.80. The summed E-state index contributed by atoms with van der Waals surface area (Å²) < 4.78 is 5.46. The number of hydrogen-bond acceptors (Lipinski definition) is 6. The average molecular weight is 421 g/mol. The molecule has 0 unspecified atom stereocenters. The second-order valence-corrected chi connectivity index (χ2v) is 6.93. The van der Waals surface area contributed by atoms with Gasteiger partial charge in [-0.05, 0) is 37.6 Å². The highest BCUT2D eigenvalue weighted by molar-refractivity contribution is 5.91. The summed E-state index contributed by atoms with van der Waals surface area (Å²) in [5.41, 5.74) is 3.08. The van der Waals surface area contributed by atoms with E-state index >= 15 is 0 Å². The Morgan fingerprint density at radius 1 is 1.16 bits per heavy atom. The summed E-state index contributed by atoms with van der Waals surface area (Å²) in [6.07, 6.45) is 7.14. The number of nitrogens with zero attached hydrogens (tertiary/aromatic N) is 3. The number of ether oxygens (including phenoxy) is 1. The van der Waals surface area contributed by atoms with Gasteiger partial charge in [0.2, 0.25) is 0 Å². The first-order valence-electron chi connectivity index (χ1n) is 10.4. The number of nitrogens with one attached hydrogen (secondary N) is 3. The van der Waals surface area contributed by atoms with Crippen LogP contribution >= 0.6 is 0 Å². The topological polar surface area (TPSA) is 101 Å². The Morgan fingerprint density at radius 2 is 2.03 bits per heavy atom. The fraction of sp³-hybridized carbons (Fsp3) is 0.304. The van der Waals surface area contributed by atoms with E-state index in [0.29, 0.717) is 29.5 Å². The first-order chi connectivity index (χ1) is 15.1. The molecule has 3 aromatic rings. The van der Waals surface area contributed by atoms with Crippen LogP contribution in [0.4, 0.5) is 16.3 Å². The van der Waals surface area contributed by atoms with Crippen LogP contribution in [-0.4, -0.2) is 34.6 Å². The Bertz CT molecular complexity index is 996. The van der Waals surface area contributed by atoms with Gasteiger partial charge >= 0.3 is 6.03 Å². The van der Waals surface area contributed by atoms with Crippen molar-refractivity contribution in [2.24, 2.45) is 0 Å². The van der Waals surface area contributed by atoms with Crippen molar-refractivity contribution in [1.82, 2.24) is 20.3 Å². The minimum Gasteiger partial charge on any atom is -0.495 e. The van der Waals surface area contributed by atoms with E-state index in [1.165, 1.54) is 0 Å². The molecular formula is C23H28N6O2. The maximum atomic E-state index is 11.8. The van der Waals surface area contributed by atoms with E-state index in [4.69, 9.17) is 9.72 Å². The standard InChI is InChI=1S/C23H28N6O2/c1-4-8-18(17-9-6-7-12-26-17)27-22-15-24-14-20(28-22)16-10-11-19(21(13-16)31-3)29-23(30)25-5-2/h6-7,9-15,18H,4-5,8H2,1-3H3,(H,27,28)(H2,25,29,30)/t18-/m0/s1. The molecule has 0 saturated carbocycles. The summed E-state index contributed by atoms with van der Waals surface area (Å²) in [4.78, 5) is 25.4. The van der Waals surface area contributed by atoms with Crippen LogP contribution in [0.3, 0.4) is 0 Å². The molecule has 3 rings (SSSR count). The Balaban J connectivity index is 1.82. The zero-order valence-corrected chi connectivity index (χ0v) is 18.1. The zero-order valence-electron chi connectivity index (χ0n) is 18.1. The van der Waals surface area contributed by atoms with Crippen LogP contribution in [0.2, 0.25) is 0 Å². The number of aromatic nitrogens is 3. The second kappa shape index (κ2) is 10.9. The molecule has 2 amide bonds. The van der Waals surface area contributed by atoms with Gasteiger partial charge in [-0.3, -0.25) is 9.97 Å². The van der Waals surface area contributed by atoms with Crippen LogP contribution in [0.25, 0.3) is 11.3 Å². The number of benzene rings is 1. The molecule has 0 aliphatic rings. The molecule has 0 saturated heterocycles. The molecule has 2 aromatic heterocycles. The highest BCUT2D eigenvalue weighted by atomic mass is 16.5. The van der Waals surface area contributed by atoms with Crippen molar-refractivity contribution in [3.05, 3.63) is 60.7 Å². The van der Waals surface area contributed by atoms with Crippen LogP contribution in [-0.2, 0) is 0 Å². The summed E-state index contributed by atoms with van der Waals surface area (Å²) >= 11 is 0. The SMILES string of the molecule is CCC[C@H](Nc1cncc(-c2ccc(NC(=O)NCC)c(OC)c2)n1)c1ccccn1. The number of rotatable bonds is 9. The van der Waals surface area contributed by atoms with Gasteiger partial charge in [-0.25, -0.2) is 9.78 Å². The van der Waals surface area contributed by atoms with Crippen molar-refractivity contribution >= 4 is 17.5 Å². The molecule has 0 fully saturated rings. The Hall–Kier alpha value is -3.68. The number of methoxy groups -OCH3 is 1. The van der Waals surface area contributed by atoms with Gasteiger partial charge in [0.05, 0.1) is 42.6 Å². The van der Waals surface area contributed by atoms with E-state index in [2.05, 4.69) is 32.8 Å². The Labute approximate surface area is 182 Å². The number of anilines is 2. The van der Waals surface area contributed by atoms with Crippen molar-refractivity contribution in [2.75, 3.05) is 24.3 Å². The number of carbonyl (C=O) groups excluding carboxylic acids is 1. The minimum absolute atomic E-state index is 0.0499. The predicted octanol–water partition coefficient (Wildman–Crippen LogP) is 4.64. The van der Waals surface area contributed by atoms with Gasteiger partial charge in [0.25, 0.3) is 0 Å². The molecular weight excluding hydrogens is 392 g/mol. The highest BCUT2D eigenvalue weighted by Gasteiger charge is 2.14. The van der Waals surface area contributed by atoms with Gasteiger partial charge in [-0.15, -0.1) is 0 Å². The lowest BCUT2D eigenvalue weighted by atomic mass is 10.1. The van der Waals surface area contributed by atoms with Crippen molar-refractivity contribution in [3.8, 4) is 17.0 Å². The smallest absolute Gasteiger partial charge is 0.319 e. The molecule has 0 bridgehead atoms. The van der Waals surface area contributed by atoms with Crippen molar-refractivity contribution in [3.63, 3.8) is 0 Å². The molecule has 0 spiro atoms. The van der Waals surface area contributed by atoms with Crippen molar-refractivity contribution in [1.29, 1.82) is 0 Å². The fourth-order valence-corrected chi connectivity index (χ4v) is 3.20. The lowest BCUT2D eigenvalue weighted by Gasteiger charge is -2.18. The van der Waals surface area contributed by atoms with Gasteiger partial charge in [0.15, 0.2) is 0 Å². The third-order valence-electron chi connectivity index (χ3n) is 4.66. The van der Waals surface area contributed by atoms with E-state index in [1.54, 1.807) is 31.8 Å². The molecule has 31 heavy (non-hydrogen) atoms. The highest BCUT2D eigenvalue weighted by Crippen LogP contribution is 2.30. The summed E-state index contributed by atoms with van der Waals surface area (Å²) in [6, 6.07) is 11.2. The first kappa shape index (κ1) is 22.0. The maximum Gasteiger partial charge on any atom is 0.319 e. The quantitative estimate of drug-likeness (QED) is 0.466. The largest absolute Gasteiger partial charge is 0.495 e. The molecule has 1 aromatic carbocycles. The van der Waals surface area contributed by atoms with Gasteiger partial charge < -0.3 is 20.7 Å². The van der Waals surface area contributed by atoms with Crippen LogP contribution in [0, 0.1) is 0 Å². The maximum absolute atomic E-state index is 11.8. The van der Waals surface area contributed by atoms with Gasteiger partial charge in [0, 0.05) is 18.3 Å². The molecule has 8 heteroatoms. The third-order valence-corrected chi connectivity index (χ3v) is 4.66. The van der Waals surface area contributed by atoms with E-state index in [0.717, 1.165) is 24.1 Å². The molecule has 1 atom stereocenters. The van der Waals surface area contributed by atoms with Gasteiger partial charge in [-0.1, -0.05) is 25.5 Å². The number of urea groups is 1. The monoisotopic (exact) mass is 420 g/mol. The summed E-state index contributed by atoms with van der Waals surface area (Å²) in [5, 5.41) is 8.93.